The van der Waals surface area contributed by atoms with Crippen molar-refractivity contribution in [2.75, 3.05) is 6.54 Å². The first-order chi connectivity index (χ1) is 19.4. The van der Waals surface area contributed by atoms with Crippen LogP contribution in [0.15, 0.2) is 65.9 Å². The van der Waals surface area contributed by atoms with Gasteiger partial charge in [-0.3, -0.25) is 14.6 Å². The number of carbonyl (C=O) groups excluding carboxylic acids is 2. The highest BCUT2D eigenvalue weighted by atomic mass is 19.4. The van der Waals surface area contributed by atoms with Crippen molar-refractivity contribution in [3.8, 4) is 0 Å². The van der Waals surface area contributed by atoms with Crippen molar-refractivity contribution in [2.24, 2.45) is 11.1 Å². The summed E-state index contributed by atoms with van der Waals surface area (Å²) in [6.07, 6.45) is -3.29. The van der Waals surface area contributed by atoms with E-state index in [0.29, 0.717) is 5.39 Å². The lowest BCUT2D eigenvalue weighted by Gasteiger charge is -2.29. The molecule has 2 unspecified atom stereocenters. The number of pyridine rings is 1. The van der Waals surface area contributed by atoms with Crippen LogP contribution < -0.4 is 10.6 Å². The average molecular weight is 570 g/mol. The minimum atomic E-state index is -4.59. The molecular formula is C28H30BF3N4O5. The monoisotopic (exact) mass is 570 g/mol. The molecule has 0 fully saturated rings. The van der Waals surface area contributed by atoms with Gasteiger partial charge >= 0.3 is 13.3 Å². The normalized spacial score (nSPS) is 17.6. The van der Waals surface area contributed by atoms with E-state index in [-0.39, 0.29) is 48.7 Å². The quantitative estimate of drug-likeness (QED) is 0.277. The van der Waals surface area contributed by atoms with Gasteiger partial charge in [-0.2, -0.15) is 13.2 Å². The summed E-state index contributed by atoms with van der Waals surface area (Å²) in [5, 5.41) is 30.4. The topological polar surface area (TPSA) is 133 Å². The van der Waals surface area contributed by atoms with E-state index in [9.17, 15) is 32.8 Å². The largest absolute Gasteiger partial charge is 0.475 e. The second-order valence-corrected chi connectivity index (χ2v) is 10.5. The summed E-state index contributed by atoms with van der Waals surface area (Å²) in [6.45, 7) is 3.56. The van der Waals surface area contributed by atoms with Crippen molar-refractivity contribution in [2.45, 2.75) is 50.8 Å². The summed E-state index contributed by atoms with van der Waals surface area (Å²) >= 11 is 0. The molecule has 2 aromatic carbocycles. The average Bonchev–Trinajstić information content (AvgIpc) is 3.34. The van der Waals surface area contributed by atoms with Crippen LogP contribution in [0.25, 0.3) is 10.8 Å². The Morgan fingerprint density at radius 2 is 1.88 bits per heavy atom. The zero-order valence-corrected chi connectivity index (χ0v) is 22.5. The van der Waals surface area contributed by atoms with Crippen molar-refractivity contribution in [3.63, 3.8) is 0 Å². The van der Waals surface area contributed by atoms with E-state index in [1.807, 2.05) is 26.0 Å². The van der Waals surface area contributed by atoms with Gasteiger partial charge in [0.1, 0.15) is 5.69 Å². The SMILES string of the molecule is CC(C)CC(NC(=O)C1(Cc2cccc(C(F)(F)F)c2)CC(CNC(=O)c2nccc3ccccc23)=NO1)B(O)O. The van der Waals surface area contributed by atoms with E-state index in [0.717, 1.165) is 17.5 Å². The number of alkyl halides is 3. The molecule has 1 aliphatic heterocycles. The van der Waals surface area contributed by atoms with Crippen LogP contribution in [-0.4, -0.2) is 57.8 Å². The number of oxime groups is 1. The Bertz CT molecular complexity index is 1440. The molecule has 2 amide bonds. The second-order valence-electron chi connectivity index (χ2n) is 10.5. The Kier molecular flexibility index (Phi) is 8.98. The first-order valence-corrected chi connectivity index (χ1v) is 13.1. The standard InChI is InChI=1S/C28H30BF3N4O5/c1-17(2)12-23(29(39)40)35-26(38)27(14-18-6-5-8-20(13-18)28(30,31)32)15-21(36-41-27)16-34-25(37)24-22-9-4-3-7-19(22)10-11-33-24/h3-11,13,17,23,39-40H,12,14-16H2,1-2H3,(H,34,37)(H,35,38). The Labute approximate surface area is 234 Å². The molecule has 0 aliphatic carbocycles. The number of rotatable bonds is 10. The van der Waals surface area contributed by atoms with Gasteiger partial charge in [0.15, 0.2) is 0 Å². The Hall–Kier alpha value is -3.97. The van der Waals surface area contributed by atoms with Gasteiger partial charge in [-0.15, -0.1) is 0 Å². The van der Waals surface area contributed by atoms with E-state index in [1.165, 1.54) is 18.3 Å². The predicted molar refractivity (Wildman–Crippen MR) is 147 cm³/mol. The van der Waals surface area contributed by atoms with E-state index in [1.54, 1.807) is 18.2 Å². The van der Waals surface area contributed by atoms with Crippen molar-refractivity contribution in [1.29, 1.82) is 0 Å². The Balaban J connectivity index is 1.54. The summed E-state index contributed by atoms with van der Waals surface area (Å²) in [5.41, 5.74) is -2.04. The van der Waals surface area contributed by atoms with Crippen LogP contribution in [0.2, 0.25) is 0 Å². The molecule has 4 rings (SSSR count). The highest BCUT2D eigenvalue weighted by molar-refractivity contribution is 6.43. The Morgan fingerprint density at radius 3 is 2.59 bits per heavy atom. The molecular weight excluding hydrogens is 540 g/mol. The fourth-order valence-corrected chi connectivity index (χ4v) is 4.75. The molecule has 0 saturated heterocycles. The van der Waals surface area contributed by atoms with Crippen LogP contribution in [-0.2, 0) is 22.2 Å². The minimum absolute atomic E-state index is 0.00397. The Morgan fingerprint density at radius 1 is 1.12 bits per heavy atom. The lowest BCUT2D eigenvalue weighted by molar-refractivity contribution is -0.144. The molecule has 216 valence electrons. The summed E-state index contributed by atoms with van der Waals surface area (Å²) in [7, 11) is -1.87. The molecule has 4 N–H and O–H groups in total. The minimum Gasteiger partial charge on any atom is -0.426 e. The number of benzene rings is 2. The zero-order valence-electron chi connectivity index (χ0n) is 22.5. The number of aromatic nitrogens is 1. The predicted octanol–water partition coefficient (Wildman–Crippen LogP) is 3.28. The fourth-order valence-electron chi connectivity index (χ4n) is 4.75. The third-order valence-corrected chi connectivity index (χ3v) is 6.74. The highest BCUT2D eigenvalue weighted by Gasteiger charge is 2.48. The number of amides is 2. The first-order valence-electron chi connectivity index (χ1n) is 13.1. The van der Waals surface area contributed by atoms with Gasteiger partial charge in [-0.1, -0.05) is 61.5 Å². The number of hydrogen-bond acceptors (Lipinski definition) is 7. The van der Waals surface area contributed by atoms with E-state index < -0.39 is 42.2 Å². The smallest absolute Gasteiger partial charge is 0.426 e. The molecule has 2 atom stereocenters. The van der Waals surface area contributed by atoms with Crippen LogP contribution in [0.5, 0.6) is 0 Å². The van der Waals surface area contributed by atoms with E-state index in [4.69, 9.17) is 4.84 Å². The summed E-state index contributed by atoms with van der Waals surface area (Å²) in [6, 6.07) is 13.5. The molecule has 13 heteroatoms. The van der Waals surface area contributed by atoms with E-state index in [2.05, 4.69) is 20.8 Å². The summed E-state index contributed by atoms with van der Waals surface area (Å²) in [5.74, 6) is -2.31. The third-order valence-electron chi connectivity index (χ3n) is 6.74. The molecule has 1 aromatic heterocycles. The fraction of sp³-hybridized carbons (Fsp3) is 0.357. The van der Waals surface area contributed by atoms with Gasteiger partial charge in [-0.25, -0.2) is 0 Å². The van der Waals surface area contributed by atoms with Gasteiger partial charge in [0.05, 0.1) is 23.8 Å². The van der Waals surface area contributed by atoms with Crippen LogP contribution in [0.3, 0.4) is 0 Å². The molecule has 1 aliphatic rings. The molecule has 2 heterocycles. The number of nitrogens with one attached hydrogen (secondary N) is 2. The maximum absolute atomic E-state index is 13.6. The molecule has 3 aromatic rings. The van der Waals surface area contributed by atoms with Crippen LogP contribution >= 0.6 is 0 Å². The zero-order chi connectivity index (χ0) is 29.8. The number of hydrogen-bond donors (Lipinski definition) is 4. The molecule has 9 nitrogen and oxygen atoms in total. The molecule has 0 spiro atoms. The lowest BCUT2D eigenvalue weighted by atomic mass is 9.74. The number of carbonyl (C=O) groups is 2. The summed E-state index contributed by atoms with van der Waals surface area (Å²) in [4.78, 5) is 36.3. The van der Waals surface area contributed by atoms with Crippen LogP contribution in [0.4, 0.5) is 13.2 Å². The molecule has 41 heavy (non-hydrogen) atoms. The van der Waals surface area contributed by atoms with Crippen molar-refractivity contribution >= 4 is 35.4 Å². The maximum atomic E-state index is 13.6. The number of nitrogens with zero attached hydrogens (tertiary/aromatic N) is 2. The van der Waals surface area contributed by atoms with Gasteiger partial charge < -0.3 is 25.5 Å². The summed E-state index contributed by atoms with van der Waals surface area (Å²) < 4.78 is 40.1. The van der Waals surface area contributed by atoms with E-state index >= 15 is 0 Å². The first kappa shape index (κ1) is 30.0. The van der Waals surface area contributed by atoms with Crippen molar-refractivity contribution in [3.05, 3.63) is 77.6 Å². The van der Waals surface area contributed by atoms with Gasteiger partial charge in [-0.05, 0) is 35.4 Å². The number of fused-ring (bicyclic) bond motifs is 1. The van der Waals surface area contributed by atoms with Crippen molar-refractivity contribution in [1.82, 2.24) is 15.6 Å². The second kappa shape index (κ2) is 12.3. The maximum Gasteiger partial charge on any atom is 0.475 e. The van der Waals surface area contributed by atoms with Gasteiger partial charge in [0, 0.05) is 24.4 Å². The van der Waals surface area contributed by atoms with Gasteiger partial charge in [0.2, 0.25) is 5.60 Å². The van der Waals surface area contributed by atoms with Crippen LogP contribution in [0, 0.1) is 5.92 Å². The van der Waals surface area contributed by atoms with Crippen molar-refractivity contribution < 1.29 is 37.6 Å². The highest BCUT2D eigenvalue weighted by Crippen LogP contribution is 2.33. The molecule has 0 saturated carbocycles. The lowest BCUT2D eigenvalue weighted by Crippen LogP contribution is -2.56. The van der Waals surface area contributed by atoms with Crippen LogP contribution in [0.1, 0.15) is 48.3 Å². The van der Waals surface area contributed by atoms with Gasteiger partial charge in [0.25, 0.3) is 11.8 Å². The number of halogens is 3. The third kappa shape index (κ3) is 7.22. The molecule has 0 bridgehead atoms. The molecule has 0 radical (unpaired) electrons.